The molecule has 6 atom stereocenters. The number of nitrogens with zero attached hydrogens (tertiary/aromatic N) is 1. The van der Waals surface area contributed by atoms with Crippen LogP contribution < -0.4 is 14.4 Å². The summed E-state index contributed by atoms with van der Waals surface area (Å²) < 4.78 is 52.4. The SMILES string of the molecule is CCOC(=O)CO[C@H]1/C=C/CC[C@@H](CC(O)OC)S(=O)(=O)NC(=O)c2ccc3c(c2)N(C[C@@H]2CC[C@H]21)C[C@@]1(CCCc2cc(Cl)ccc21)CO3. The van der Waals surface area contributed by atoms with E-state index in [9.17, 15) is 23.1 Å². The quantitative estimate of drug-likeness (QED) is 0.229. The molecule has 2 aliphatic heterocycles. The third-order valence-corrected chi connectivity index (χ3v) is 12.8. The van der Waals surface area contributed by atoms with Crippen LogP contribution in [0.3, 0.4) is 0 Å². The highest BCUT2D eigenvalue weighted by Crippen LogP contribution is 2.47. The van der Waals surface area contributed by atoms with Crippen LogP contribution in [-0.4, -0.2) is 83.1 Å². The van der Waals surface area contributed by atoms with Gasteiger partial charge >= 0.3 is 5.97 Å². The summed E-state index contributed by atoms with van der Waals surface area (Å²) in [5, 5.41) is 9.82. The van der Waals surface area contributed by atoms with Gasteiger partial charge in [0, 0.05) is 42.6 Å². The molecule has 2 bridgehead atoms. The number of benzene rings is 2. The van der Waals surface area contributed by atoms with Crippen LogP contribution in [0.4, 0.5) is 5.69 Å². The average molecular weight is 731 g/mol. The van der Waals surface area contributed by atoms with Crippen LogP contribution in [0.25, 0.3) is 0 Å². The Morgan fingerprint density at radius 1 is 1.20 bits per heavy atom. The van der Waals surface area contributed by atoms with Crippen LogP contribution in [0, 0.1) is 11.8 Å². The predicted octanol–water partition coefficient (Wildman–Crippen LogP) is 4.92. The van der Waals surface area contributed by atoms with E-state index in [4.69, 9.17) is 30.5 Å². The van der Waals surface area contributed by atoms with Crippen LogP contribution in [-0.2, 0) is 40.9 Å². The van der Waals surface area contributed by atoms with Crippen molar-refractivity contribution in [1.82, 2.24) is 4.72 Å². The van der Waals surface area contributed by atoms with E-state index in [0.717, 1.165) is 37.8 Å². The molecule has 1 spiro atoms. The molecule has 13 heteroatoms. The fourth-order valence-corrected chi connectivity index (χ4v) is 9.59. The average Bonchev–Trinajstić information content (AvgIpc) is 3.22. The van der Waals surface area contributed by atoms with Gasteiger partial charge in [-0.05, 0) is 105 Å². The number of fused-ring (bicyclic) bond motifs is 4. The molecule has 2 heterocycles. The van der Waals surface area contributed by atoms with E-state index < -0.39 is 39.5 Å². The second-order valence-electron chi connectivity index (χ2n) is 13.9. The number of carbonyl (C=O) groups excluding carboxylic acids is 2. The number of allylic oxidation sites excluding steroid dienone is 1. The second kappa shape index (κ2) is 15.6. The minimum atomic E-state index is -4.23. The van der Waals surface area contributed by atoms with Crippen molar-refractivity contribution in [2.24, 2.45) is 11.8 Å². The molecule has 50 heavy (non-hydrogen) atoms. The molecule has 11 nitrogen and oxygen atoms in total. The van der Waals surface area contributed by atoms with E-state index in [-0.39, 0.29) is 48.9 Å². The topological polar surface area (TPSA) is 141 Å². The standard InChI is InChI=1S/C37H47ClN2O9S/c1-3-47-35(42)21-48-32-9-5-4-8-28(19-34(41)46-2)50(44,45)39-36(43)25-11-15-33-31(18-25)40(20-26-10-13-29(26)32)22-37(23-49-33)16-6-7-24-17-27(38)12-14-30(24)37/h5,9,11-12,14-15,17-18,26,28-29,32,34,41H,3-4,6-8,10,13,16,19-23H2,1-2H3,(H,39,43)/b9-5+/t26-,28-,29+,32-,34?,37-/m0/s1. The number of rotatable bonds is 7. The van der Waals surface area contributed by atoms with Crippen molar-refractivity contribution in [1.29, 1.82) is 0 Å². The number of anilines is 1. The number of hydrogen-bond acceptors (Lipinski definition) is 10. The fourth-order valence-electron chi connectivity index (χ4n) is 7.99. The Bertz CT molecular complexity index is 1700. The number of hydrogen-bond donors (Lipinski definition) is 2. The van der Waals surface area contributed by atoms with Gasteiger partial charge in [0.05, 0.1) is 30.3 Å². The summed E-state index contributed by atoms with van der Waals surface area (Å²) in [7, 11) is -2.93. The largest absolute Gasteiger partial charge is 0.490 e. The molecule has 1 amide bonds. The van der Waals surface area contributed by atoms with Crippen LogP contribution in [0.2, 0.25) is 5.02 Å². The molecule has 0 saturated heterocycles. The van der Waals surface area contributed by atoms with Gasteiger partial charge in [-0.3, -0.25) is 4.79 Å². The number of aliphatic hydroxyl groups is 1. The number of halogens is 1. The van der Waals surface area contributed by atoms with E-state index in [2.05, 4.69) is 15.7 Å². The number of ether oxygens (including phenoxy) is 4. The third kappa shape index (κ3) is 7.99. The second-order valence-corrected chi connectivity index (χ2v) is 16.3. The number of esters is 1. The Hall–Kier alpha value is -3.16. The fraction of sp³-hybridized carbons (Fsp3) is 0.568. The van der Waals surface area contributed by atoms with E-state index >= 15 is 0 Å². The van der Waals surface area contributed by atoms with Gasteiger partial charge in [0.15, 0.2) is 6.29 Å². The minimum absolute atomic E-state index is 0.0935. The number of nitrogens with one attached hydrogen (secondary N) is 1. The van der Waals surface area contributed by atoms with Gasteiger partial charge in [0.2, 0.25) is 10.0 Å². The third-order valence-electron chi connectivity index (χ3n) is 10.7. The number of carbonyl (C=O) groups is 2. The molecular weight excluding hydrogens is 684 g/mol. The Morgan fingerprint density at radius 2 is 2.04 bits per heavy atom. The summed E-state index contributed by atoms with van der Waals surface area (Å²) in [4.78, 5) is 28.2. The van der Waals surface area contributed by atoms with E-state index in [1.807, 2.05) is 24.3 Å². The van der Waals surface area contributed by atoms with Crippen molar-refractivity contribution in [2.75, 3.05) is 44.9 Å². The van der Waals surface area contributed by atoms with Gasteiger partial charge in [-0.1, -0.05) is 29.8 Å². The summed E-state index contributed by atoms with van der Waals surface area (Å²) >= 11 is 6.43. The Kier molecular flexibility index (Phi) is 11.4. The maximum absolute atomic E-state index is 13.6. The van der Waals surface area contributed by atoms with Crippen molar-refractivity contribution in [3.05, 3.63) is 70.3 Å². The van der Waals surface area contributed by atoms with E-state index in [1.54, 1.807) is 25.1 Å². The van der Waals surface area contributed by atoms with E-state index in [0.29, 0.717) is 36.9 Å². The zero-order valence-electron chi connectivity index (χ0n) is 28.6. The lowest BCUT2D eigenvalue weighted by molar-refractivity contribution is -0.151. The van der Waals surface area contributed by atoms with Crippen molar-refractivity contribution in [3.8, 4) is 5.75 Å². The van der Waals surface area contributed by atoms with Crippen molar-refractivity contribution < 1.29 is 42.1 Å². The van der Waals surface area contributed by atoms with E-state index in [1.165, 1.54) is 18.2 Å². The van der Waals surface area contributed by atoms with Gasteiger partial charge in [0.25, 0.3) is 5.91 Å². The van der Waals surface area contributed by atoms with Crippen LogP contribution >= 0.6 is 11.6 Å². The van der Waals surface area contributed by atoms with Crippen molar-refractivity contribution >= 4 is 39.2 Å². The lowest BCUT2D eigenvalue weighted by atomic mass is 9.68. The highest BCUT2D eigenvalue weighted by Gasteiger charge is 2.45. The smallest absolute Gasteiger partial charge is 0.332 e. The van der Waals surface area contributed by atoms with Crippen molar-refractivity contribution in [3.63, 3.8) is 0 Å². The first-order valence-electron chi connectivity index (χ1n) is 17.5. The highest BCUT2D eigenvalue weighted by atomic mass is 35.5. The molecule has 2 aromatic rings. The Labute approximate surface area is 299 Å². The summed E-state index contributed by atoms with van der Waals surface area (Å²) in [5.41, 5.74) is 3.00. The first-order valence-corrected chi connectivity index (χ1v) is 19.5. The normalized spacial score (nSPS) is 28.9. The molecule has 4 aliphatic rings. The maximum Gasteiger partial charge on any atom is 0.332 e. The molecular formula is C37H47ClN2O9S. The van der Waals surface area contributed by atoms with Crippen LogP contribution in [0.15, 0.2) is 48.6 Å². The Morgan fingerprint density at radius 3 is 2.80 bits per heavy atom. The zero-order valence-corrected chi connectivity index (χ0v) is 30.2. The number of aliphatic hydroxyl groups excluding tert-OH is 1. The summed E-state index contributed by atoms with van der Waals surface area (Å²) in [6, 6.07) is 11.1. The summed E-state index contributed by atoms with van der Waals surface area (Å²) in [5.74, 6) is -0.272. The first kappa shape index (κ1) is 36.6. The molecule has 2 aromatic carbocycles. The van der Waals surface area contributed by atoms with Crippen LogP contribution in [0.5, 0.6) is 5.75 Å². The maximum atomic E-state index is 13.6. The van der Waals surface area contributed by atoms with Crippen molar-refractivity contribution in [2.45, 2.75) is 81.3 Å². The molecule has 1 fully saturated rings. The highest BCUT2D eigenvalue weighted by molar-refractivity contribution is 7.90. The van der Waals surface area contributed by atoms with Gasteiger partial charge in [-0.25, -0.2) is 17.9 Å². The lowest BCUT2D eigenvalue weighted by Crippen LogP contribution is -2.50. The zero-order chi connectivity index (χ0) is 35.5. The molecule has 0 aromatic heterocycles. The number of sulfonamides is 1. The molecule has 0 radical (unpaired) electrons. The van der Waals surface area contributed by atoms with Gasteiger partial charge in [-0.15, -0.1) is 0 Å². The number of aryl methyl sites for hydroxylation is 1. The minimum Gasteiger partial charge on any atom is -0.490 e. The molecule has 1 unspecified atom stereocenters. The molecule has 2 N–H and O–H groups in total. The monoisotopic (exact) mass is 730 g/mol. The summed E-state index contributed by atoms with van der Waals surface area (Å²) in [6.07, 6.45) is 6.96. The van der Waals surface area contributed by atoms with Gasteiger partial charge < -0.3 is 29.0 Å². The van der Waals surface area contributed by atoms with Gasteiger partial charge in [-0.2, -0.15) is 0 Å². The number of methoxy groups -OCH3 is 1. The lowest BCUT2D eigenvalue weighted by Gasteiger charge is -2.46. The Balaban J connectivity index is 1.40. The molecule has 272 valence electrons. The first-order chi connectivity index (χ1) is 24.0. The molecule has 1 saturated carbocycles. The molecule has 2 aliphatic carbocycles. The van der Waals surface area contributed by atoms with Gasteiger partial charge in [0.1, 0.15) is 12.4 Å². The molecule has 6 rings (SSSR count). The number of amides is 1. The predicted molar refractivity (Wildman–Crippen MR) is 189 cm³/mol. The summed E-state index contributed by atoms with van der Waals surface area (Å²) in [6.45, 7) is 3.53. The van der Waals surface area contributed by atoms with Crippen LogP contribution in [0.1, 0.15) is 73.4 Å².